The second-order valence-corrected chi connectivity index (χ2v) is 6.17. The Balaban J connectivity index is 1.72. The summed E-state index contributed by atoms with van der Waals surface area (Å²) in [6, 6.07) is 15.1. The lowest BCUT2D eigenvalue weighted by molar-refractivity contribution is 0.184. The van der Waals surface area contributed by atoms with Gasteiger partial charge in [-0.05, 0) is 32.0 Å². The number of hydrogen-bond donors (Lipinski definition) is 1. The standard InChI is InChI=1S/C20H21FN2O2/c1-13(16-9-5-6-10-17(16)21)22-20(24)23(3)14(2)19-12-15-8-4-7-11-18(15)25-19/h4-14H,1-3H3,(H,22,24)/t13-,14+/m0/s1. The third-order valence-electron chi connectivity index (χ3n) is 4.47. The molecule has 0 radical (unpaired) electrons. The van der Waals surface area contributed by atoms with Crippen molar-refractivity contribution in [3.63, 3.8) is 0 Å². The SMILES string of the molecule is C[C@H](NC(=O)N(C)[C@H](C)c1cc2ccccc2o1)c1ccccc1F. The number of carbonyl (C=O) groups is 1. The van der Waals surface area contributed by atoms with Gasteiger partial charge in [-0.3, -0.25) is 0 Å². The monoisotopic (exact) mass is 340 g/mol. The van der Waals surface area contributed by atoms with Crippen LogP contribution < -0.4 is 5.32 Å². The number of amides is 2. The fourth-order valence-corrected chi connectivity index (χ4v) is 2.77. The minimum absolute atomic E-state index is 0.250. The topological polar surface area (TPSA) is 45.5 Å². The average Bonchev–Trinajstić information content (AvgIpc) is 3.04. The van der Waals surface area contributed by atoms with Crippen LogP contribution in [0.25, 0.3) is 11.0 Å². The van der Waals surface area contributed by atoms with E-state index in [0.29, 0.717) is 11.3 Å². The lowest BCUT2D eigenvalue weighted by atomic mass is 10.1. The molecule has 0 aliphatic rings. The van der Waals surface area contributed by atoms with Crippen LogP contribution in [0.5, 0.6) is 0 Å². The molecule has 0 fully saturated rings. The minimum atomic E-state index is -0.431. The number of para-hydroxylation sites is 1. The summed E-state index contributed by atoms with van der Waals surface area (Å²) in [6.45, 7) is 3.65. The molecule has 1 aromatic heterocycles. The quantitative estimate of drug-likeness (QED) is 0.723. The Morgan fingerprint density at radius 2 is 1.80 bits per heavy atom. The summed E-state index contributed by atoms with van der Waals surface area (Å²) in [4.78, 5) is 14.1. The van der Waals surface area contributed by atoms with Crippen LogP contribution in [0.15, 0.2) is 59.0 Å². The van der Waals surface area contributed by atoms with E-state index in [2.05, 4.69) is 5.32 Å². The van der Waals surface area contributed by atoms with Crippen LogP contribution in [-0.2, 0) is 0 Å². The number of halogens is 1. The average molecular weight is 340 g/mol. The van der Waals surface area contributed by atoms with Gasteiger partial charge in [0.2, 0.25) is 0 Å². The van der Waals surface area contributed by atoms with Crippen molar-refractivity contribution in [2.45, 2.75) is 25.9 Å². The van der Waals surface area contributed by atoms with E-state index in [4.69, 9.17) is 4.42 Å². The Kier molecular flexibility index (Phi) is 4.74. The van der Waals surface area contributed by atoms with E-state index in [-0.39, 0.29) is 17.9 Å². The highest BCUT2D eigenvalue weighted by atomic mass is 19.1. The van der Waals surface area contributed by atoms with Gasteiger partial charge >= 0.3 is 6.03 Å². The lowest BCUT2D eigenvalue weighted by Crippen LogP contribution is -2.40. The van der Waals surface area contributed by atoms with Gasteiger partial charge < -0.3 is 14.6 Å². The number of carbonyl (C=O) groups excluding carboxylic acids is 1. The zero-order valence-electron chi connectivity index (χ0n) is 14.5. The molecular weight excluding hydrogens is 319 g/mol. The van der Waals surface area contributed by atoms with Crippen molar-refractivity contribution in [1.82, 2.24) is 10.2 Å². The largest absolute Gasteiger partial charge is 0.459 e. The van der Waals surface area contributed by atoms with Crippen LogP contribution in [0, 0.1) is 5.82 Å². The van der Waals surface area contributed by atoms with Crippen molar-refractivity contribution < 1.29 is 13.6 Å². The van der Waals surface area contributed by atoms with Gasteiger partial charge in [0.15, 0.2) is 0 Å². The molecule has 25 heavy (non-hydrogen) atoms. The van der Waals surface area contributed by atoms with Crippen molar-refractivity contribution in [3.05, 3.63) is 71.7 Å². The fraction of sp³-hybridized carbons (Fsp3) is 0.250. The molecule has 0 spiro atoms. The molecule has 0 saturated carbocycles. The van der Waals surface area contributed by atoms with Crippen LogP contribution in [0.3, 0.4) is 0 Å². The predicted octanol–water partition coefficient (Wildman–Crippen LogP) is 5.04. The summed E-state index contributed by atoms with van der Waals surface area (Å²) in [5.74, 6) is 0.376. The van der Waals surface area contributed by atoms with Crippen molar-refractivity contribution in [1.29, 1.82) is 0 Å². The summed E-state index contributed by atoms with van der Waals surface area (Å²) in [6.07, 6.45) is 0. The highest BCUT2D eigenvalue weighted by Gasteiger charge is 2.22. The molecule has 0 saturated heterocycles. The summed E-state index contributed by atoms with van der Waals surface area (Å²) >= 11 is 0. The third-order valence-corrected chi connectivity index (χ3v) is 4.47. The molecule has 1 N–H and O–H groups in total. The maximum absolute atomic E-state index is 13.9. The summed E-state index contributed by atoms with van der Waals surface area (Å²) in [5.41, 5.74) is 1.25. The molecule has 3 rings (SSSR count). The number of nitrogens with one attached hydrogen (secondary N) is 1. The van der Waals surface area contributed by atoms with Gasteiger partial charge in [0.05, 0.1) is 12.1 Å². The lowest BCUT2D eigenvalue weighted by Gasteiger charge is -2.26. The zero-order valence-corrected chi connectivity index (χ0v) is 14.5. The fourth-order valence-electron chi connectivity index (χ4n) is 2.77. The Labute approximate surface area is 146 Å². The van der Waals surface area contributed by atoms with Crippen molar-refractivity contribution in [2.75, 3.05) is 7.05 Å². The van der Waals surface area contributed by atoms with Gasteiger partial charge in [0.1, 0.15) is 17.2 Å². The first-order valence-corrected chi connectivity index (χ1v) is 8.23. The smallest absolute Gasteiger partial charge is 0.318 e. The van der Waals surface area contributed by atoms with Crippen LogP contribution in [0.2, 0.25) is 0 Å². The maximum atomic E-state index is 13.9. The van der Waals surface area contributed by atoms with Crippen LogP contribution in [0.1, 0.15) is 37.3 Å². The number of furan rings is 1. The molecule has 0 aliphatic heterocycles. The first kappa shape index (κ1) is 17.0. The molecule has 0 bridgehead atoms. The Morgan fingerprint density at radius 1 is 1.12 bits per heavy atom. The summed E-state index contributed by atoms with van der Waals surface area (Å²) < 4.78 is 19.7. The number of nitrogens with zero attached hydrogens (tertiary/aromatic N) is 1. The molecule has 4 nitrogen and oxygen atoms in total. The van der Waals surface area contributed by atoms with Gasteiger partial charge in [0.25, 0.3) is 0 Å². The first-order chi connectivity index (χ1) is 12.0. The van der Waals surface area contributed by atoms with Gasteiger partial charge in [0, 0.05) is 18.0 Å². The number of benzene rings is 2. The Morgan fingerprint density at radius 3 is 2.52 bits per heavy atom. The minimum Gasteiger partial charge on any atom is -0.459 e. The van der Waals surface area contributed by atoms with Gasteiger partial charge in [-0.2, -0.15) is 0 Å². The van der Waals surface area contributed by atoms with E-state index in [1.807, 2.05) is 37.3 Å². The van der Waals surface area contributed by atoms with E-state index >= 15 is 0 Å². The number of urea groups is 1. The number of rotatable bonds is 4. The highest BCUT2D eigenvalue weighted by Crippen LogP contribution is 2.27. The van der Waals surface area contributed by atoms with Crippen LogP contribution in [0.4, 0.5) is 9.18 Å². The molecule has 2 aromatic carbocycles. The second kappa shape index (κ2) is 6.97. The molecule has 2 amide bonds. The molecular formula is C20H21FN2O2. The Bertz CT molecular complexity index is 857. The summed E-state index contributed by atoms with van der Waals surface area (Å²) in [5, 5.41) is 3.82. The van der Waals surface area contributed by atoms with E-state index in [0.717, 1.165) is 11.0 Å². The van der Waals surface area contributed by atoms with Crippen molar-refractivity contribution in [3.8, 4) is 0 Å². The maximum Gasteiger partial charge on any atom is 0.318 e. The number of hydrogen-bond acceptors (Lipinski definition) is 2. The van der Waals surface area contributed by atoms with E-state index < -0.39 is 6.04 Å². The van der Waals surface area contributed by atoms with Crippen LogP contribution in [-0.4, -0.2) is 18.0 Å². The molecule has 0 unspecified atom stereocenters. The van der Waals surface area contributed by atoms with Crippen molar-refractivity contribution in [2.24, 2.45) is 0 Å². The third kappa shape index (κ3) is 3.50. The second-order valence-electron chi connectivity index (χ2n) is 6.17. The van der Waals surface area contributed by atoms with Gasteiger partial charge in [-0.1, -0.05) is 36.4 Å². The summed E-state index contributed by atoms with van der Waals surface area (Å²) in [7, 11) is 1.70. The van der Waals surface area contributed by atoms with E-state index in [1.54, 1.807) is 37.1 Å². The van der Waals surface area contributed by atoms with Crippen molar-refractivity contribution >= 4 is 17.0 Å². The number of fused-ring (bicyclic) bond motifs is 1. The van der Waals surface area contributed by atoms with Crippen LogP contribution >= 0.6 is 0 Å². The molecule has 0 aliphatic carbocycles. The molecule has 3 aromatic rings. The van der Waals surface area contributed by atoms with Gasteiger partial charge in [-0.15, -0.1) is 0 Å². The Hall–Kier alpha value is -2.82. The zero-order chi connectivity index (χ0) is 18.0. The molecule has 5 heteroatoms. The van der Waals surface area contributed by atoms with E-state index in [9.17, 15) is 9.18 Å². The van der Waals surface area contributed by atoms with Gasteiger partial charge in [-0.25, -0.2) is 9.18 Å². The molecule has 2 atom stereocenters. The predicted molar refractivity (Wildman–Crippen MR) is 95.7 cm³/mol. The van der Waals surface area contributed by atoms with E-state index in [1.165, 1.54) is 6.07 Å². The highest BCUT2D eigenvalue weighted by molar-refractivity contribution is 5.78. The normalized spacial score (nSPS) is 13.4. The molecule has 1 heterocycles. The molecule has 130 valence electrons. The first-order valence-electron chi connectivity index (χ1n) is 8.23.